The second kappa shape index (κ2) is 6.84. The molecule has 5 nitrogen and oxygen atoms in total. The summed E-state index contributed by atoms with van der Waals surface area (Å²) >= 11 is 6.12. The zero-order valence-electron chi connectivity index (χ0n) is 13.4. The summed E-state index contributed by atoms with van der Waals surface area (Å²) in [5.41, 5.74) is 4.00. The van der Waals surface area contributed by atoms with Crippen LogP contribution < -0.4 is 10.9 Å². The molecule has 0 aliphatic carbocycles. The molecule has 1 aromatic heterocycles. The molecule has 6 heteroatoms. The van der Waals surface area contributed by atoms with Gasteiger partial charge in [0.05, 0.1) is 0 Å². The van der Waals surface area contributed by atoms with Gasteiger partial charge in [-0.15, -0.1) is 10.2 Å². The highest BCUT2D eigenvalue weighted by atomic mass is 35.5. The quantitative estimate of drug-likeness (QED) is 0.758. The van der Waals surface area contributed by atoms with Crippen LogP contribution in [0.1, 0.15) is 22.4 Å². The smallest absolute Gasteiger partial charge is 0.274 e. The molecule has 0 bridgehead atoms. The number of rotatable bonds is 4. The minimum absolute atomic E-state index is 0.281. The number of nitrogens with zero attached hydrogens (tertiary/aromatic N) is 2. The molecule has 0 fully saturated rings. The molecule has 122 valence electrons. The van der Waals surface area contributed by atoms with Crippen LogP contribution in [-0.4, -0.2) is 15.2 Å². The van der Waals surface area contributed by atoms with E-state index >= 15 is 0 Å². The molecule has 0 unspecified atom stereocenters. The molecule has 24 heavy (non-hydrogen) atoms. The Hall–Kier alpha value is -2.66. The number of hydrogen-bond acceptors (Lipinski definition) is 4. The van der Waals surface area contributed by atoms with Crippen molar-refractivity contribution in [2.75, 3.05) is 5.32 Å². The maximum Gasteiger partial charge on any atom is 0.274 e. The van der Waals surface area contributed by atoms with E-state index in [1.807, 2.05) is 44.2 Å². The number of nitrogens with one attached hydrogen (secondary N) is 2. The Labute approximate surface area is 144 Å². The summed E-state index contributed by atoms with van der Waals surface area (Å²) in [6, 6.07) is 13.4. The summed E-state index contributed by atoms with van der Waals surface area (Å²) < 4.78 is 0. The second-order valence-electron chi connectivity index (χ2n) is 5.72. The molecular formula is C18H17ClN4O. The van der Waals surface area contributed by atoms with Crippen molar-refractivity contribution in [3.05, 3.63) is 80.2 Å². The van der Waals surface area contributed by atoms with Gasteiger partial charge in [-0.25, -0.2) is 0 Å². The predicted octanol–water partition coefficient (Wildman–Crippen LogP) is 3.77. The number of aromatic nitrogens is 3. The first-order chi connectivity index (χ1) is 11.5. The molecule has 0 atom stereocenters. The van der Waals surface area contributed by atoms with Crippen LogP contribution in [0.15, 0.2) is 47.3 Å². The number of anilines is 2. The van der Waals surface area contributed by atoms with Crippen molar-refractivity contribution in [3.63, 3.8) is 0 Å². The Balaban J connectivity index is 1.82. The van der Waals surface area contributed by atoms with Crippen LogP contribution in [0, 0.1) is 13.8 Å². The van der Waals surface area contributed by atoms with Crippen LogP contribution in [0.5, 0.6) is 0 Å². The van der Waals surface area contributed by atoms with Gasteiger partial charge >= 0.3 is 0 Å². The van der Waals surface area contributed by atoms with Gasteiger partial charge in [0.2, 0.25) is 5.95 Å². The van der Waals surface area contributed by atoms with E-state index in [0.29, 0.717) is 23.1 Å². The Kier molecular flexibility index (Phi) is 4.62. The van der Waals surface area contributed by atoms with Gasteiger partial charge in [-0.2, -0.15) is 0 Å². The van der Waals surface area contributed by atoms with Crippen molar-refractivity contribution >= 4 is 23.2 Å². The molecule has 3 aromatic rings. The number of H-pyrrole nitrogens is 1. The van der Waals surface area contributed by atoms with Crippen molar-refractivity contribution in [1.82, 2.24) is 15.2 Å². The van der Waals surface area contributed by atoms with Crippen molar-refractivity contribution in [1.29, 1.82) is 0 Å². The number of aromatic amines is 1. The van der Waals surface area contributed by atoms with Crippen molar-refractivity contribution < 1.29 is 0 Å². The lowest BCUT2D eigenvalue weighted by Gasteiger charge is -2.08. The van der Waals surface area contributed by atoms with E-state index in [1.165, 1.54) is 0 Å². The molecule has 0 radical (unpaired) electrons. The summed E-state index contributed by atoms with van der Waals surface area (Å²) in [4.78, 5) is 15.0. The number of benzene rings is 2. The summed E-state index contributed by atoms with van der Waals surface area (Å²) in [5, 5.41) is 11.8. The van der Waals surface area contributed by atoms with E-state index in [0.717, 1.165) is 22.4 Å². The normalized spacial score (nSPS) is 10.6. The average Bonchev–Trinajstić information content (AvgIpc) is 2.51. The molecule has 0 amide bonds. The largest absolute Gasteiger partial charge is 0.324 e. The topological polar surface area (TPSA) is 70.7 Å². The van der Waals surface area contributed by atoms with E-state index in [2.05, 4.69) is 26.6 Å². The lowest BCUT2D eigenvalue weighted by Crippen LogP contribution is -2.19. The highest BCUT2D eigenvalue weighted by Crippen LogP contribution is 2.18. The van der Waals surface area contributed by atoms with Crippen LogP contribution in [-0.2, 0) is 6.42 Å². The minimum Gasteiger partial charge on any atom is -0.324 e. The fourth-order valence-corrected chi connectivity index (χ4v) is 2.74. The third kappa shape index (κ3) is 3.81. The highest BCUT2D eigenvalue weighted by molar-refractivity contribution is 6.31. The number of aryl methyl sites for hydroxylation is 2. The fourth-order valence-electron chi connectivity index (χ4n) is 2.54. The second-order valence-corrected chi connectivity index (χ2v) is 6.13. The molecule has 2 aromatic carbocycles. The van der Waals surface area contributed by atoms with Gasteiger partial charge in [0.25, 0.3) is 5.56 Å². The lowest BCUT2D eigenvalue weighted by molar-refractivity contribution is 0.874. The highest BCUT2D eigenvalue weighted by Gasteiger charge is 2.08. The first-order valence-electron chi connectivity index (χ1n) is 7.56. The van der Waals surface area contributed by atoms with E-state index in [9.17, 15) is 4.79 Å². The average molecular weight is 341 g/mol. The first-order valence-corrected chi connectivity index (χ1v) is 7.93. The van der Waals surface area contributed by atoms with Gasteiger partial charge in [0.15, 0.2) is 0 Å². The Morgan fingerprint density at radius 3 is 2.46 bits per heavy atom. The summed E-state index contributed by atoms with van der Waals surface area (Å²) in [6.07, 6.45) is 0.339. The van der Waals surface area contributed by atoms with Crippen molar-refractivity contribution in [2.45, 2.75) is 20.3 Å². The van der Waals surface area contributed by atoms with Crippen molar-refractivity contribution in [2.24, 2.45) is 0 Å². The Morgan fingerprint density at radius 2 is 1.79 bits per heavy atom. The Bertz CT molecular complexity index is 916. The van der Waals surface area contributed by atoms with Gasteiger partial charge in [0.1, 0.15) is 5.69 Å². The van der Waals surface area contributed by atoms with Crippen molar-refractivity contribution in [3.8, 4) is 0 Å². The zero-order valence-corrected chi connectivity index (χ0v) is 14.2. The SMILES string of the molecule is Cc1cc(C)cc(Nc2nnc(Cc3ccccc3Cl)c(=O)[nH]2)c1. The van der Waals surface area contributed by atoms with Crippen LogP contribution in [0.2, 0.25) is 5.02 Å². The summed E-state index contributed by atoms with van der Waals surface area (Å²) in [7, 11) is 0. The van der Waals surface area contributed by atoms with Gasteiger partial charge in [0, 0.05) is 17.1 Å². The predicted molar refractivity (Wildman–Crippen MR) is 96.1 cm³/mol. The number of halogens is 1. The third-order valence-corrected chi connectivity index (χ3v) is 3.93. The maximum atomic E-state index is 12.2. The summed E-state index contributed by atoms with van der Waals surface area (Å²) in [6.45, 7) is 4.03. The molecule has 0 aliphatic rings. The van der Waals surface area contributed by atoms with Gasteiger partial charge in [-0.3, -0.25) is 9.78 Å². The zero-order chi connectivity index (χ0) is 17.1. The molecule has 0 saturated carbocycles. The first kappa shape index (κ1) is 16.2. The van der Waals surface area contributed by atoms with Crippen LogP contribution >= 0.6 is 11.6 Å². The van der Waals surface area contributed by atoms with Gasteiger partial charge < -0.3 is 5.32 Å². The van der Waals surface area contributed by atoms with Crippen LogP contribution in [0.25, 0.3) is 0 Å². The molecular weight excluding hydrogens is 324 g/mol. The standard InChI is InChI=1S/C18H17ClN4O/c1-11-7-12(2)9-14(8-11)20-18-21-17(24)16(22-23-18)10-13-5-3-4-6-15(13)19/h3-9H,10H2,1-2H3,(H2,20,21,23,24). The molecule has 2 N–H and O–H groups in total. The van der Waals surface area contributed by atoms with E-state index in [4.69, 9.17) is 11.6 Å². The lowest BCUT2D eigenvalue weighted by atomic mass is 10.1. The molecule has 0 saturated heterocycles. The monoisotopic (exact) mass is 340 g/mol. The molecule has 0 aliphatic heterocycles. The molecule has 0 spiro atoms. The minimum atomic E-state index is -0.281. The summed E-state index contributed by atoms with van der Waals surface area (Å²) in [5.74, 6) is 0.313. The van der Waals surface area contributed by atoms with Gasteiger partial charge in [-0.05, 0) is 48.7 Å². The van der Waals surface area contributed by atoms with Crippen LogP contribution in [0.4, 0.5) is 11.6 Å². The Morgan fingerprint density at radius 1 is 1.08 bits per heavy atom. The maximum absolute atomic E-state index is 12.2. The van der Waals surface area contributed by atoms with Gasteiger partial charge in [-0.1, -0.05) is 35.9 Å². The number of hydrogen-bond donors (Lipinski definition) is 2. The van der Waals surface area contributed by atoms with Crippen LogP contribution in [0.3, 0.4) is 0 Å². The molecule has 3 rings (SSSR count). The fraction of sp³-hybridized carbons (Fsp3) is 0.167. The third-order valence-electron chi connectivity index (χ3n) is 3.56. The molecule has 1 heterocycles. The van der Waals surface area contributed by atoms with E-state index in [-0.39, 0.29) is 5.56 Å². The van der Waals surface area contributed by atoms with E-state index in [1.54, 1.807) is 6.07 Å². The van der Waals surface area contributed by atoms with E-state index < -0.39 is 0 Å².